The third-order valence-electron chi connectivity index (χ3n) is 13.2. The van der Waals surface area contributed by atoms with Crippen LogP contribution in [0.1, 0.15) is 20.8 Å². The lowest BCUT2D eigenvalue weighted by molar-refractivity contribution is -0.159. The van der Waals surface area contributed by atoms with Gasteiger partial charge in [-0.1, -0.05) is 142 Å². The Bertz CT molecular complexity index is 3510. The van der Waals surface area contributed by atoms with Gasteiger partial charge in [0.05, 0.1) is 5.56 Å². The molecule has 0 spiro atoms. The molecule has 3 amide bonds. The second kappa shape index (κ2) is 34.3. The van der Waals surface area contributed by atoms with Gasteiger partial charge in [-0.15, -0.1) is 0 Å². The van der Waals surface area contributed by atoms with E-state index in [1.54, 1.807) is 0 Å². The van der Waals surface area contributed by atoms with Crippen molar-refractivity contribution in [2.75, 3.05) is 59.6 Å². The number of phenols is 1. The first-order valence-electron chi connectivity index (χ1n) is 28.5. The monoisotopic (exact) mass is 1290 g/mol. The Labute approximate surface area is 540 Å². The van der Waals surface area contributed by atoms with Gasteiger partial charge >= 0.3 is 54.1 Å². The molecule has 5 aromatic carbocycles. The molecule has 0 fully saturated rings. The fourth-order valence-electron chi connectivity index (χ4n) is 8.14. The highest BCUT2D eigenvalue weighted by atomic mass is 16.6. The maximum absolute atomic E-state index is 14.1. The first-order valence-corrected chi connectivity index (χ1v) is 28.5. The molecule has 1 aromatic heterocycles. The van der Waals surface area contributed by atoms with Gasteiger partial charge in [-0.25, -0.2) is 58.1 Å². The molecule has 0 aliphatic rings. The molecule has 0 aliphatic carbocycles. The van der Waals surface area contributed by atoms with Crippen molar-refractivity contribution in [2.45, 2.75) is 38.0 Å². The molecule has 0 saturated heterocycles. The minimum Gasteiger partial charge on any atom is -0.507 e. The van der Waals surface area contributed by atoms with E-state index < -0.39 is 136 Å². The minimum absolute atomic E-state index is 0.0576. The summed E-state index contributed by atoms with van der Waals surface area (Å²) in [4.78, 5) is 129. The summed E-state index contributed by atoms with van der Waals surface area (Å²) in [5, 5.41) is 18.7. The number of hydrogen-bond donors (Lipinski definition) is 4. The second-order valence-electron chi connectivity index (χ2n) is 21.1. The van der Waals surface area contributed by atoms with Crippen LogP contribution in [0.4, 0.5) is 14.4 Å². The number of carbonyl (C=O) groups is 9. The third kappa shape index (κ3) is 21.9. The largest absolute Gasteiger partial charge is 0.507 e. The maximum Gasteiger partial charge on any atom is 0.409 e. The zero-order valence-electron chi connectivity index (χ0n) is 51.5. The summed E-state index contributed by atoms with van der Waals surface area (Å²) < 4.78 is 53.7. The van der Waals surface area contributed by atoms with Crippen LogP contribution in [0.25, 0.3) is 56.4 Å². The molecule has 490 valence electrons. The molecule has 94 heavy (non-hydrogen) atoms. The highest BCUT2D eigenvalue weighted by Crippen LogP contribution is 2.35. The van der Waals surface area contributed by atoms with Gasteiger partial charge in [0.25, 0.3) is 0 Å². The molecule has 26 nitrogen and oxygen atoms in total. The highest BCUT2D eigenvalue weighted by Gasteiger charge is 2.41. The van der Waals surface area contributed by atoms with Crippen LogP contribution < -0.4 is 20.7 Å². The summed E-state index contributed by atoms with van der Waals surface area (Å²) in [6, 6.07) is 39.0. The van der Waals surface area contributed by atoms with E-state index in [4.69, 9.17) is 62.3 Å². The first-order chi connectivity index (χ1) is 45.0. The molecule has 6 rings (SSSR count). The van der Waals surface area contributed by atoms with E-state index in [0.29, 0.717) is 22.8 Å². The minimum atomic E-state index is -2.14. The zero-order chi connectivity index (χ0) is 68.3. The Morgan fingerprint density at radius 3 is 1.18 bits per heavy atom. The van der Waals surface area contributed by atoms with Crippen molar-refractivity contribution >= 4 is 54.1 Å². The third-order valence-corrected chi connectivity index (χ3v) is 13.2. The molecule has 0 radical (unpaired) electrons. The van der Waals surface area contributed by atoms with Crippen LogP contribution in [0.5, 0.6) is 11.5 Å². The molecule has 0 bridgehead atoms. The number of aromatic hydroxyl groups is 1. The van der Waals surface area contributed by atoms with Gasteiger partial charge < -0.3 is 63.1 Å². The van der Waals surface area contributed by atoms with E-state index in [9.17, 15) is 48.3 Å². The van der Waals surface area contributed by atoms with Crippen LogP contribution in [-0.2, 0) is 71.4 Å². The number of phenolic OH excluding ortho intramolecular Hbond substituents is 1. The van der Waals surface area contributed by atoms with E-state index in [2.05, 4.69) is 48.8 Å². The molecule has 0 aliphatic heterocycles. The lowest BCUT2D eigenvalue weighted by atomic mass is 9.92. The predicted molar refractivity (Wildman–Crippen MR) is 338 cm³/mol. The fraction of sp³-hybridized carbons (Fsp3) is 0.235. The number of hydrogen-bond acceptors (Lipinski definition) is 23. The van der Waals surface area contributed by atoms with Gasteiger partial charge in [0, 0.05) is 47.6 Å². The summed E-state index contributed by atoms with van der Waals surface area (Å²) in [6.07, 6.45) is -1.30. The zero-order valence-corrected chi connectivity index (χ0v) is 51.5. The topological polar surface area (TPSA) is 341 Å². The Morgan fingerprint density at radius 1 is 0.436 bits per heavy atom. The average Bonchev–Trinajstić information content (AvgIpc) is 0.830. The summed E-state index contributed by atoms with van der Waals surface area (Å²) in [6.45, 7) is 13.4. The van der Waals surface area contributed by atoms with Crippen LogP contribution in [0.15, 0.2) is 191 Å². The highest BCUT2D eigenvalue weighted by molar-refractivity contribution is 5.84. The first kappa shape index (κ1) is 71.1. The van der Waals surface area contributed by atoms with Gasteiger partial charge in [-0.2, -0.15) is 0 Å². The quantitative estimate of drug-likeness (QED) is 0.0130. The number of aromatic nitrogens is 3. The smallest absolute Gasteiger partial charge is 0.409 e. The van der Waals surface area contributed by atoms with Crippen LogP contribution in [0.2, 0.25) is 0 Å². The molecule has 1 atom stereocenters. The van der Waals surface area contributed by atoms with Crippen LogP contribution >= 0.6 is 0 Å². The molecule has 26 heteroatoms. The Balaban J connectivity index is 1.30. The summed E-state index contributed by atoms with van der Waals surface area (Å²) in [5.74, 6) is -5.50. The van der Waals surface area contributed by atoms with Crippen LogP contribution in [0.3, 0.4) is 0 Å². The van der Waals surface area contributed by atoms with Crippen molar-refractivity contribution in [2.24, 2.45) is 5.41 Å². The molecule has 1 heterocycles. The van der Waals surface area contributed by atoms with Crippen molar-refractivity contribution in [1.82, 2.24) is 30.9 Å². The molecule has 4 N–H and O–H groups in total. The van der Waals surface area contributed by atoms with Crippen LogP contribution in [0, 0.1) is 5.41 Å². The second-order valence-corrected chi connectivity index (χ2v) is 21.1. The lowest BCUT2D eigenvalue weighted by Gasteiger charge is -2.34. The molecule has 6 aromatic rings. The normalized spacial score (nSPS) is 11.3. The van der Waals surface area contributed by atoms with Gasteiger partial charge in [0.15, 0.2) is 30.3 Å². The number of carbonyl (C=O) groups excluding carboxylic acids is 9. The number of amides is 3. The van der Waals surface area contributed by atoms with E-state index in [-0.39, 0.29) is 22.9 Å². The standard InChI is InChI=1S/C68H68N6O20/c1-9-54(76)85-35-66(7,36-86-55(77)10-2)73-64(83)91-41-68(40-90-63(82)69-43-93-58(80)13-5,42-92-65(84)74-67(8,37-87-56(78)11-3)38-88-57(79)12-4)39-89-62(81)44(6)94-51-32-33-52(53(75)34-51)61-71-59(49-28-24-47(25-29-49)45-20-16-14-17-21-45)70-60(72-61)50-30-26-48(27-31-50)46-22-18-15-19-23-46/h9-34,44,75H,1-5,35-43H2,6-8H3,(H,69,82)(H,73,83)(H,74,84). The fourth-order valence-corrected chi connectivity index (χ4v) is 8.14. The SMILES string of the molecule is C=CC(=O)OCNC(=O)OCC(COC(=O)NC(C)(COC(=O)C=C)COC(=O)C=C)(COC(=O)NC(C)(COC(=O)C=C)COC(=O)C=C)COC(=O)C(C)Oc1ccc(-c2nc(-c3ccc(-c4ccccc4)cc3)nc(-c3ccc(-c4ccccc4)cc3)n2)c(O)c1. The van der Waals surface area contributed by atoms with Crippen molar-refractivity contribution in [3.8, 4) is 67.9 Å². The summed E-state index contributed by atoms with van der Waals surface area (Å²) in [7, 11) is 0. The number of esters is 6. The number of nitrogens with zero attached hydrogens (tertiary/aromatic N) is 3. The number of ether oxygens (including phenoxy) is 10. The number of alkyl carbamates (subject to hydrolysis) is 3. The van der Waals surface area contributed by atoms with E-state index in [1.807, 2.05) is 109 Å². The van der Waals surface area contributed by atoms with Gasteiger partial charge in [-0.05, 0) is 55.2 Å². The van der Waals surface area contributed by atoms with Crippen molar-refractivity contribution in [3.05, 3.63) is 191 Å². The Hall–Kier alpha value is -12.0. The predicted octanol–water partition coefficient (Wildman–Crippen LogP) is 8.51. The van der Waals surface area contributed by atoms with E-state index in [0.717, 1.165) is 52.6 Å². The average molecular weight is 1290 g/mol. The van der Waals surface area contributed by atoms with Crippen molar-refractivity contribution in [1.29, 1.82) is 0 Å². The maximum atomic E-state index is 14.1. The van der Waals surface area contributed by atoms with Crippen molar-refractivity contribution < 1.29 is 95.6 Å². The lowest BCUT2D eigenvalue weighted by Crippen LogP contribution is -2.55. The van der Waals surface area contributed by atoms with E-state index in [1.165, 1.54) is 39.0 Å². The number of rotatable bonds is 33. The number of nitrogens with one attached hydrogen (secondary N) is 3. The van der Waals surface area contributed by atoms with Crippen molar-refractivity contribution in [3.63, 3.8) is 0 Å². The Morgan fingerprint density at radius 2 is 0.787 bits per heavy atom. The van der Waals surface area contributed by atoms with Gasteiger partial charge in [-0.3, -0.25) is 5.32 Å². The Kier molecular flexibility index (Phi) is 25.9. The van der Waals surface area contributed by atoms with Gasteiger partial charge in [0.2, 0.25) is 0 Å². The number of benzene rings is 5. The van der Waals surface area contributed by atoms with Gasteiger partial charge in [0.1, 0.15) is 80.8 Å². The summed E-state index contributed by atoms with van der Waals surface area (Å²) >= 11 is 0. The molecular formula is C68H68N6O20. The molecule has 1 unspecified atom stereocenters. The van der Waals surface area contributed by atoms with E-state index >= 15 is 0 Å². The molecule has 0 saturated carbocycles. The summed E-state index contributed by atoms with van der Waals surface area (Å²) in [5.41, 5.74) is -0.205. The molecular weight excluding hydrogens is 1220 g/mol. The van der Waals surface area contributed by atoms with Crippen LogP contribution in [-0.4, -0.2) is 151 Å².